The topological polar surface area (TPSA) is 48.1 Å². The molecule has 3 aromatic carbocycles. The first-order valence-electron chi connectivity index (χ1n) is 11.4. The average Bonchev–Trinajstić information content (AvgIpc) is 3.24. The Labute approximate surface area is 187 Å². The van der Waals surface area contributed by atoms with Crippen molar-refractivity contribution in [1.82, 2.24) is 15.2 Å². The predicted octanol–water partition coefficient (Wildman–Crippen LogP) is 5.46. The highest BCUT2D eigenvalue weighted by atomic mass is 19.1. The maximum Gasteiger partial charge on any atom is 0.251 e. The number of nitrogens with one attached hydrogen (secondary N) is 2. The van der Waals surface area contributed by atoms with Crippen molar-refractivity contribution in [3.63, 3.8) is 0 Å². The molecule has 0 unspecified atom stereocenters. The van der Waals surface area contributed by atoms with Crippen LogP contribution >= 0.6 is 0 Å². The molecule has 2 heterocycles. The third-order valence-electron chi connectivity index (χ3n) is 6.65. The van der Waals surface area contributed by atoms with E-state index in [1.807, 2.05) is 48.7 Å². The molecular formula is C27H28FN3O. The molecule has 0 spiro atoms. The summed E-state index contributed by atoms with van der Waals surface area (Å²) < 4.78 is 13.4. The molecule has 1 saturated heterocycles. The fourth-order valence-corrected chi connectivity index (χ4v) is 4.86. The number of aromatic amines is 1. The number of fused-ring (bicyclic) bond motifs is 2. The fraction of sp³-hybridized carbons (Fsp3) is 0.296. The molecule has 1 fully saturated rings. The van der Waals surface area contributed by atoms with Gasteiger partial charge in [0, 0.05) is 29.2 Å². The van der Waals surface area contributed by atoms with Crippen molar-refractivity contribution in [1.29, 1.82) is 0 Å². The van der Waals surface area contributed by atoms with Gasteiger partial charge < -0.3 is 15.2 Å². The molecule has 1 aliphatic rings. The Morgan fingerprint density at radius 3 is 2.69 bits per heavy atom. The van der Waals surface area contributed by atoms with Crippen LogP contribution in [-0.4, -0.2) is 42.0 Å². The maximum atomic E-state index is 13.4. The van der Waals surface area contributed by atoms with E-state index in [4.69, 9.17) is 0 Å². The molecule has 2 N–H and O–H groups in total. The molecule has 5 heteroatoms. The molecule has 0 aliphatic carbocycles. The van der Waals surface area contributed by atoms with E-state index in [2.05, 4.69) is 21.3 Å². The Morgan fingerprint density at radius 2 is 1.84 bits per heavy atom. The van der Waals surface area contributed by atoms with Crippen LogP contribution < -0.4 is 5.32 Å². The standard InChI is InChI=1S/C27H28FN3O/c28-23-8-9-24-25(18-30-26(24)17-23)20-10-14-31(15-11-20)13-3-12-29-27(32)22-7-6-19-4-1-2-5-21(19)16-22/h1-2,4-9,16-18,20,30H,3,10-15H2,(H,29,32). The summed E-state index contributed by atoms with van der Waals surface area (Å²) in [5.74, 6) is 0.303. The highest BCUT2D eigenvalue weighted by Gasteiger charge is 2.22. The molecule has 0 radical (unpaired) electrons. The van der Waals surface area contributed by atoms with Crippen molar-refractivity contribution in [3.05, 3.63) is 83.8 Å². The van der Waals surface area contributed by atoms with Crippen LogP contribution in [0, 0.1) is 5.82 Å². The number of carbonyl (C=O) groups excluding carboxylic acids is 1. The zero-order valence-corrected chi connectivity index (χ0v) is 18.1. The largest absolute Gasteiger partial charge is 0.361 e. The van der Waals surface area contributed by atoms with Gasteiger partial charge in [-0.25, -0.2) is 4.39 Å². The van der Waals surface area contributed by atoms with Gasteiger partial charge in [0.2, 0.25) is 0 Å². The molecule has 1 aliphatic heterocycles. The Bertz CT molecular complexity index is 1240. The molecule has 1 amide bonds. The van der Waals surface area contributed by atoms with Crippen LogP contribution in [0.25, 0.3) is 21.7 Å². The number of benzene rings is 3. The van der Waals surface area contributed by atoms with Crippen molar-refractivity contribution in [2.75, 3.05) is 26.2 Å². The zero-order chi connectivity index (χ0) is 21.9. The van der Waals surface area contributed by atoms with E-state index < -0.39 is 0 Å². The summed E-state index contributed by atoms with van der Waals surface area (Å²) in [6.45, 7) is 3.78. The Balaban J connectivity index is 1.08. The van der Waals surface area contributed by atoms with E-state index in [9.17, 15) is 9.18 Å². The van der Waals surface area contributed by atoms with Gasteiger partial charge in [-0.2, -0.15) is 0 Å². The van der Waals surface area contributed by atoms with Crippen LogP contribution in [0.4, 0.5) is 4.39 Å². The Morgan fingerprint density at radius 1 is 1.03 bits per heavy atom. The number of hydrogen-bond acceptors (Lipinski definition) is 2. The molecule has 4 nitrogen and oxygen atoms in total. The van der Waals surface area contributed by atoms with Gasteiger partial charge in [0.25, 0.3) is 5.91 Å². The highest BCUT2D eigenvalue weighted by Crippen LogP contribution is 2.33. The van der Waals surface area contributed by atoms with Crippen molar-refractivity contribution in [3.8, 4) is 0 Å². The molecule has 164 valence electrons. The second kappa shape index (κ2) is 9.13. The number of piperidine rings is 1. The third kappa shape index (κ3) is 4.39. The summed E-state index contributed by atoms with van der Waals surface area (Å²) in [5, 5.41) is 6.43. The lowest BCUT2D eigenvalue weighted by molar-refractivity contribution is 0.0951. The first kappa shape index (κ1) is 20.7. The first-order valence-corrected chi connectivity index (χ1v) is 11.4. The van der Waals surface area contributed by atoms with E-state index in [1.165, 1.54) is 5.56 Å². The van der Waals surface area contributed by atoms with Crippen LogP contribution in [0.3, 0.4) is 0 Å². The van der Waals surface area contributed by atoms with Gasteiger partial charge >= 0.3 is 0 Å². The van der Waals surface area contributed by atoms with E-state index in [0.717, 1.165) is 60.6 Å². The monoisotopic (exact) mass is 429 g/mol. The second-order valence-electron chi connectivity index (χ2n) is 8.72. The van der Waals surface area contributed by atoms with Crippen molar-refractivity contribution >= 4 is 27.6 Å². The van der Waals surface area contributed by atoms with Gasteiger partial charge in [0.05, 0.1) is 0 Å². The van der Waals surface area contributed by atoms with Gasteiger partial charge in [-0.1, -0.05) is 30.3 Å². The minimum Gasteiger partial charge on any atom is -0.361 e. The summed E-state index contributed by atoms with van der Waals surface area (Å²) in [7, 11) is 0. The molecular weight excluding hydrogens is 401 g/mol. The predicted molar refractivity (Wildman–Crippen MR) is 128 cm³/mol. The summed E-state index contributed by atoms with van der Waals surface area (Å²) in [4.78, 5) is 18.2. The highest BCUT2D eigenvalue weighted by molar-refractivity contribution is 5.98. The lowest BCUT2D eigenvalue weighted by atomic mass is 9.89. The van der Waals surface area contributed by atoms with Crippen molar-refractivity contribution < 1.29 is 9.18 Å². The first-order chi connectivity index (χ1) is 15.7. The summed E-state index contributed by atoms with van der Waals surface area (Å²) >= 11 is 0. The number of amides is 1. The van der Waals surface area contributed by atoms with Crippen LogP contribution in [0.15, 0.2) is 66.9 Å². The molecule has 0 saturated carbocycles. The van der Waals surface area contributed by atoms with E-state index in [-0.39, 0.29) is 11.7 Å². The number of likely N-dealkylation sites (tertiary alicyclic amines) is 1. The molecule has 0 bridgehead atoms. The van der Waals surface area contributed by atoms with E-state index in [1.54, 1.807) is 12.1 Å². The number of nitrogens with zero attached hydrogens (tertiary/aromatic N) is 1. The smallest absolute Gasteiger partial charge is 0.251 e. The van der Waals surface area contributed by atoms with Crippen LogP contribution in [0.2, 0.25) is 0 Å². The van der Waals surface area contributed by atoms with Gasteiger partial charge in [-0.3, -0.25) is 4.79 Å². The van der Waals surface area contributed by atoms with Crippen LogP contribution in [0.5, 0.6) is 0 Å². The molecule has 5 rings (SSSR count). The number of aromatic nitrogens is 1. The minimum absolute atomic E-state index is 0.00904. The van der Waals surface area contributed by atoms with Gasteiger partial charge in [0.15, 0.2) is 0 Å². The Kier molecular flexibility index (Phi) is 5.91. The zero-order valence-electron chi connectivity index (χ0n) is 18.1. The summed E-state index contributed by atoms with van der Waals surface area (Å²) in [6.07, 6.45) is 5.20. The third-order valence-corrected chi connectivity index (χ3v) is 6.65. The summed E-state index contributed by atoms with van der Waals surface area (Å²) in [5.41, 5.74) is 2.90. The lowest BCUT2D eigenvalue weighted by Gasteiger charge is -2.32. The quantitative estimate of drug-likeness (QED) is 0.400. The Hall–Kier alpha value is -3.18. The van der Waals surface area contributed by atoms with Gasteiger partial charge in [0.1, 0.15) is 5.82 Å². The average molecular weight is 430 g/mol. The number of hydrogen-bond donors (Lipinski definition) is 2. The maximum absolute atomic E-state index is 13.4. The SMILES string of the molecule is O=C(NCCCN1CCC(c2c[nH]c3cc(F)ccc23)CC1)c1ccc2ccccc2c1. The molecule has 0 atom stereocenters. The lowest BCUT2D eigenvalue weighted by Crippen LogP contribution is -2.35. The number of H-pyrrole nitrogens is 1. The van der Waals surface area contributed by atoms with Gasteiger partial charge in [-0.05, 0) is 91.5 Å². The molecule has 1 aromatic heterocycles. The van der Waals surface area contributed by atoms with Crippen molar-refractivity contribution in [2.45, 2.75) is 25.2 Å². The van der Waals surface area contributed by atoms with E-state index in [0.29, 0.717) is 18.0 Å². The number of halogens is 1. The molecule has 32 heavy (non-hydrogen) atoms. The normalized spacial score (nSPS) is 15.4. The van der Waals surface area contributed by atoms with Crippen LogP contribution in [-0.2, 0) is 0 Å². The minimum atomic E-state index is -0.201. The molecule has 4 aromatic rings. The second-order valence-corrected chi connectivity index (χ2v) is 8.72. The fourth-order valence-electron chi connectivity index (χ4n) is 4.86. The van der Waals surface area contributed by atoms with Crippen molar-refractivity contribution in [2.24, 2.45) is 0 Å². The number of carbonyl (C=O) groups is 1. The van der Waals surface area contributed by atoms with Gasteiger partial charge in [-0.15, -0.1) is 0 Å². The van der Waals surface area contributed by atoms with E-state index >= 15 is 0 Å². The summed E-state index contributed by atoms with van der Waals surface area (Å²) in [6, 6.07) is 18.9. The number of rotatable bonds is 6. The van der Waals surface area contributed by atoms with Crippen LogP contribution in [0.1, 0.15) is 41.1 Å².